The number of ether oxygens (including phenoxy) is 2. The highest BCUT2D eigenvalue weighted by Gasteiger charge is 2.45. The first-order valence-corrected chi connectivity index (χ1v) is 16.2. The van der Waals surface area contributed by atoms with Crippen LogP contribution in [0.5, 0.6) is 5.75 Å². The summed E-state index contributed by atoms with van der Waals surface area (Å²) in [5, 5.41) is 0.903. The fourth-order valence-corrected chi connectivity index (χ4v) is 7.60. The molecule has 0 aliphatic carbocycles. The molecule has 3 aromatic carbocycles. The number of halogens is 7. The number of rotatable bonds is 7. The van der Waals surface area contributed by atoms with Crippen LogP contribution >= 0.6 is 73.1 Å². The first-order valence-electron chi connectivity index (χ1n) is 12.8. The zero-order valence-corrected chi connectivity index (χ0v) is 28.5. The quantitative estimate of drug-likeness (QED) is 0.142. The van der Waals surface area contributed by atoms with E-state index in [1.807, 2.05) is 18.2 Å². The maximum absolute atomic E-state index is 14.3. The van der Waals surface area contributed by atoms with E-state index in [1.54, 1.807) is 24.3 Å². The molecule has 0 radical (unpaired) electrons. The largest absolute Gasteiger partial charge is 0.487 e. The summed E-state index contributed by atoms with van der Waals surface area (Å²) < 4.78 is 56.5. The molecule has 228 valence electrons. The van der Waals surface area contributed by atoms with E-state index in [-0.39, 0.29) is 28.1 Å². The van der Waals surface area contributed by atoms with Gasteiger partial charge in [-0.3, -0.25) is 9.36 Å². The second-order valence-corrected chi connectivity index (χ2v) is 13.2. The number of aromatic nitrogens is 1. The second kappa shape index (κ2) is 13.4. The summed E-state index contributed by atoms with van der Waals surface area (Å²) in [5.74, 6) is -0.663. The van der Waals surface area contributed by atoms with Gasteiger partial charge in [-0.1, -0.05) is 64.9 Å². The summed E-state index contributed by atoms with van der Waals surface area (Å²) in [6.45, 7) is 1.53. The average Bonchev–Trinajstić information content (AvgIpc) is 3.27. The lowest BCUT2D eigenvalue weighted by atomic mass is 9.95. The molecule has 0 N–H and O–H groups in total. The molecular weight excluding hydrogens is 819 g/mol. The Morgan fingerprint density at radius 1 is 1.16 bits per heavy atom. The van der Waals surface area contributed by atoms with Crippen LogP contribution in [-0.2, 0) is 16.1 Å². The third kappa shape index (κ3) is 6.79. The first-order chi connectivity index (χ1) is 20.9. The molecule has 1 aliphatic rings. The highest BCUT2D eigenvalue weighted by molar-refractivity contribution is 14.1. The van der Waals surface area contributed by atoms with Gasteiger partial charge in [0.15, 0.2) is 10.5 Å². The van der Waals surface area contributed by atoms with Crippen LogP contribution in [-0.4, -0.2) is 23.3 Å². The molecule has 0 fully saturated rings. The highest BCUT2D eigenvalue weighted by atomic mass is 127. The van der Waals surface area contributed by atoms with E-state index in [0.717, 1.165) is 21.5 Å². The molecule has 2 heterocycles. The van der Waals surface area contributed by atoms with Gasteiger partial charge in [-0.05, 0) is 93.0 Å². The standard InChI is InChI=1S/C30H19BrCl2F3IN2O4S/c1-2-42-28(41)23-24(16-7-9-18(32)10-8-16)39-27(40)22(44-29(39)38-26(23)30(34,35)36)13-15-11-19(31)25(21(37)12-15)43-14-17-5-3-4-6-20(17)33/h3-13,24H,2,14H2,1H3/b22-13-/t24-/m1/s1. The van der Waals surface area contributed by atoms with Gasteiger partial charge in [-0.25, -0.2) is 9.79 Å². The number of hydrogen-bond acceptors (Lipinski definition) is 6. The molecule has 5 rings (SSSR count). The molecule has 14 heteroatoms. The minimum atomic E-state index is -5.00. The Kier molecular flexibility index (Phi) is 9.95. The lowest BCUT2D eigenvalue weighted by Crippen LogP contribution is -2.41. The number of carbonyl (C=O) groups excluding carboxylic acids is 1. The number of nitrogens with zero attached hydrogens (tertiary/aromatic N) is 2. The Morgan fingerprint density at radius 3 is 2.50 bits per heavy atom. The van der Waals surface area contributed by atoms with Gasteiger partial charge < -0.3 is 9.47 Å². The smallest absolute Gasteiger partial charge is 0.434 e. The molecule has 0 unspecified atom stereocenters. The van der Waals surface area contributed by atoms with Gasteiger partial charge in [-0.15, -0.1) is 0 Å². The third-order valence-electron chi connectivity index (χ3n) is 6.43. The van der Waals surface area contributed by atoms with Crippen molar-refractivity contribution in [3.05, 3.63) is 126 Å². The van der Waals surface area contributed by atoms with Crippen molar-refractivity contribution in [1.29, 1.82) is 0 Å². The number of alkyl halides is 3. The van der Waals surface area contributed by atoms with Crippen LogP contribution in [0.1, 0.15) is 29.7 Å². The van der Waals surface area contributed by atoms with Gasteiger partial charge in [-0.2, -0.15) is 13.2 Å². The van der Waals surface area contributed by atoms with Crippen LogP contribution < -0.4 is 19.6 Å². The fraction of sp³-hybridized carbons (Fsp3) is 0.167. The molecule has 0 saturated carbocycles. The summed E-state index contributed by atoms with van der Waals surface area (Å²) in [6, 6.07) is 15.2. The Hall–Kier alpha value is -2.65. The van der Waals surface area contributed by atoms with E-state index in [2.05, 4.69) is 43.5 Å². The molecule has 1 atom stereocenters. The molecule has 0 bridgehead atoms. The normalized spacial score (nSPS) is 15.2. The summed E-state index contributed by atoms with van der Waals surface area (Å²) in [7, 11) is 0. The van der Waals surface area contributed by atoms with Crippen molar-refractivity contribution >= 4 is 85.1 Å². The Labute approximate surface area is 284 Å². The van der Waals surface area contributed by atoms with E-state index in [1.165, 1.54) is 31.2 Å². The molecule has 1 aromatic heterocycles. The maximum Gasteiger partial charge on any atom is 0.434 e. The van der Waals surface area contributed by atoms with Crippen LogP contribution in [0.4, 0.5) is 13.2 Å². The van der Waals surface area contributed by atoms with Crippen LogP contribution in [0.15, 0.2) is 86.2 Å². The summed E-state index contributed by atoms with van der Waals surface area (Å²) >= 11 is 18.7. The average molecular weight is 838 g/mol. The number of allylic oxidation sites excluding steroid dienone is 1. The molecule has 0 saturated heterocycles. The van der Waals surface area contributed by atoms with E-state index in [9.17, 15) is 22.8 Å². The minimum Gasteiger partial charge on any atom is -0.487 e. The third-order valence-corrected chi connectivity index (χ3v) is 9.42. The number of fused-ring (bicyclic) bond motifs is 1. The lowest BCUT2D eigenvalue weighted by Gasteiger charge is -2.26. The summed E-state index contributed by atoms with van der Waals surface area (Å²) in [4.78, 5) is 30.4. The second-order valence-electron chi connectivity index (χ2n) is 9.31. The van der Waals surface area contributed by atoms with Gasteiger partial charge >= 0.3 is 12.1 Å². The zero-order valence-electron chi connectivity index (χ0n) is 22.4. The van der Waals surface area contributed by atoms with Crippen molar-refractivity contribution in [2.75, 3.05) is 6.61 Å². The number of hydrogen-bond donors (Lipinski definition) is 0. The predicted octanol–water partition coefficient (Wildman–Crippen LogP) is 7.59. The molecule has 4 aromatic rings. The van der Waals surface area contributed by atoms with Crippen molar-refractivity contribution in [3.63, 3.8) is 0 Å². The number of benzene rings is 3. The van der Waals surface area contributed by atoms with Crippen molar-refractivity contribution in [2.24, 2.45) is 4.99 Å². The van der Waals surface area contributed by atoms with Crippen LogP contribution in [0, 0.1) is 3.57 Å². The SMILES string of the molecule is CCOC(=O)C1=C(C(F)(F)F)N=c2s/c(=C\c3cc(Br)c(OCc4ccccc4Cl)c(I)c3)c(=O)n2[C@@H]1c1ccc(Cl)cc1. The van der Waals surface area contributed by atoms with Gasteiger partial charge in [0.2, 0.25) is 0 Å². The monoisotopic (exact) mass is 836 g/mol. The lowest BCUT2D eigenvalue weighted by molar-refractivity contribution is -0.140. The van der Waals surface area contributed by atoms with Gasteiger partial charge in [0.25, 0.3) is 5.56 Å². The fourth-order valence-electron chi connectivity index (χ4n) is 4.52. The van der Waals surface area contributed by atoms with E-state index in [4.69, 9.17) is 32.7 Å². The molecular formula is C30H19BrCl2F3IN2O4S. The van der Waals surface area contributed by atoms with Crippen LogP contribution in [0.2, 0.25) is 10.0 Å². The predicted molar refractivity (Wildman–Crippen MR) is 175 cm³/mol. The summed E-state index contributed by atoms with van der Waals surface area (Å²) in [6.07, 6.45) is -3.45. The Morgan fingerprint density at radius 2 is 1.86 bits per heavy atom. The minimum absolute atomic E-state index is 0.113. The van der Waals surface area contributed by atoms with E-state index < -0.39 is 35.0 Å². The van der Waals surface area contributed by atoms with E-state index >= 15 is 0 Å². The Balaban J connectivity index is 1.63. The van der Waals surface area contributed by atoms with Crippen LogP contribution in [0.25, 0.3) is 6.08 Å². The van der Waals surface area contributed by atoms with Crippen LogP contribution in [0.3, 0.4) is 0 Å². The number of esters is 1. The highest BCUT2D eigenvalue weighted by Crippen LogP contribution is 2.39. The number of thiazole rings is 1. The first kappa shape index (κ1) is 32.7. The van der Waals surface area contributed by atoms with Gasteiger partial charge in [0.05, 0.1) is 30.8 Å². The van der Waals surface area contributed by atoms with Gasteiger partial charge in [0.1, 0.15) is 12.4 Å². The maximum atomic E-state index is 14.3. The van der Waals surface area contributed by atoms with Crippen molar-refractivity contribution in [2.45, 2.75) is 25.7 Å². The topological polar surface area (TPSA) is 69.9 Å². The molecule has 0 spiro atoms. The molecule has 6 nitrogen and oxygen atoms in total. The molecule has 0 amide bonds. The van der Waals surface area contributed by atoms with E-state index in [0.29, 0.717) is 29.4 Å². The summed E-state index contributed by atoms with van der Waals surface area (Å²) in [5.41, 5.74) is -1.20. The van der Waals surface area contributed by atoms with Gasteiger partial charge in [0, 0.05) is 15.6 Å². The van der Waals surface area contributed by atoms with Crippen molar-refractivity contribution in [3.8, 4) is 5.75 Å². The Bertz CT molecular complexity index is 1950. The van der Waals surface area contributed by atoms with Crippen molar-refractivity contribution < 1.29 is 27.4 Å². The van der Waals surface area contributed by atoms with Crippen molar-refractivity contribution in [1.82, 2.24) is 4.57 Å². The molecule has 44 heavy (non-hydrogen) atoms. The number of carbonyl (C=O) groups is 1. The molecule has 1 aliphatic heterocycles. The zero-order chi connectivity index (χ0) is 31.8.